The fourth-order valence-corrected chi connectivity index (χ4v) is 3.13. The lowest BCUT2D eigenvalue weighted by Crippen LogP contribution is -2.06. The summed E-state index contributed by atoms with van der Waals surface area (Å²) in [7, 11) is 0. The summed E-state index contributed by atoms with van der Waals surface area (Å²) in [6.07, 6.45) is 1.38. The number of hydrogen-bond donors (Lipinski definition) is 3. The Morgan fingerprint density at radius 1 is 1.22 bits per heavy atom. The zero-order valence-electron chi connectivity index (χ0n) is 12.5. The SMILES string of the molecule is Cc1ccc(Cn2c(N)c(SC(N)=O)c3c(N)ncnc32)cc1. The highest BCUT2D eigenvalue weighted by atomic mass is 32.2. The van der Waals surface area contributed by atoms with Crippen LogP contribution in [-0.2, 0) is 6.54 Å². The molecule has 0 saturated carbocycles. The van der Waals surface area contributed by atoms with Crippen LogP contribution in [0.4, 0.5) is 16.4 Å². The fourth-order valence-electron chi connectivity index (χ4n) is 2.42. The van der Waals surface area contributed by atoms with E-state index in [0.29, 0.717) is 28.3 Å². The number of thioether (sulfide) groups is 1. The van der Waals surface area contributed by atoms with Crippen molar-refractivity contribution in [1.82, 2.24) is 14.5 Å². The van der Waals surface area contributed by atoms with Crippen LogP contribution in [0.1, 0.15) is 11.1 Å². The highest BCUT2D eigenvalue weighted by molar-refractivity contribution is 8.13. The van der Waals surface area contributed by atoms with Crippen molar-refractivity contribution in [2.24, 2.45) is 5.73 Å². The second-order valence-corrected chi connectivity index (χ2v) is 6.18. The predicted octanol–water partition coefficient (Wildman–Crippen LogP) is 2.12. The van der Waals surface area contributed by atoms with E-state index in [4.69, 9.17) is 17.2 Å². The third kappa shape index (κ3) is 2.80. The van der Waals surface area contributed by atoms with Gasteiger partial charge in [-0.2, -0.15) is 0 Å². The molecule has 2 heterocycles. The van der Waals surface area contributed by atoms with E-state index in [9.17, 15) is 4.79 Å². The Bertz CT molecular complexity index is 887. The van der Waals surface area contributed by atoms with Gasteiger partial charge in [-0.15, -0.1) is 0 Å². The molecule has 0 aliphatic carbocycles. The molecule has 1 aromatic carbocycles. The van der Waals surface area contributed by atoms with Crippen molar-refractivity contribution in [3.8, 4) is 0 Å². The van der Waals surface area contributed by atoms with Crippen LogP contribution in [0.3, 0.4) is 0 Å². The number of nitrogens with zero attached hydrogens (tertiary/aromatic N) is 3. The molecule has 8 heteroatoms. The summed E-state index contributed by atoms with van der Waals surface area (Å²) < 4.78 is 1.81. The summed E-state index contributed by atoms with van der Waals surface area (Å²) >= 11 is 0.836. The van der Waals surface area contributed by atoms with Crippen LogP contribution in [0, 0.1) is 6.92 Å². The van der Waals surface area contributed by atoms with E-state index >= 15 is 0 Å². The largest absolute Gasteiger partial charge is 0.384 e. The van der Waals surface area contributed by atoms with Crippen molar-refractivity contribution in [1.29, 1.82) is 0 Å². The van der Waals surface area contributed by atoms with Gasteiger partial charge in [0.2, 0.25) is 0 Å². The molecule has 7 nitrogen and oxygen atoms in total. The molecule has 0 aliphatic rings. The second-order valence-electron chi connectivity index (χ2n) is 5.16. The van der Waals surface area contributed by atoms with E-state index in [-0.39, 0.29) is 5.82 Å². The minimum Gasteiger partial charge on any atom is -0.384 e. The van der Waals surface area contributed by atoms with Gasteiger partial charge in [0.25, 0.3) is 5.24 Å². The Balaban J connectivity index is 2.16. The molecule has 0 unspecified atom stereocenters. The molecule has 0 bridgehead atoms. The number of aryl methyl sites for hydroxylation is 1. The van der Waals surface area contributed by atoms with Crippen LogP contribution in [-0.4, -0.2) is 19.8 Å². The summed E-state index contributed by atoms with van der Waals surface area (Å²) in [5.74, 6) is 0.671. The monoisotopic (exact) mass is 328 g/mol. The topological polar surface area (TPSA) is 126 Å². The first-order valence-electron chi connectivity index (χ1n) is 6.88. The zero-order valence-corrected chi connectivity index (χ0v) is 13.3. The molecule has 3 rings (SSSR count). The average Bonchev–Trinajstić information content (AvgIpc) is 2.76. The molecule has 0 atom stereocenters. The minimum atomic E-state index is -0.561. The molecule has 0 spiro atoms. The fraction of sp³-hybridized carbons (Fsp3) is 0.133. The Labute approximate surface area is 136 Å². The summed E-state index contributed by atoms with van der Waals surface area (Å²) in [4.78, 5) is 20.1. The molecule has 2 aromatic heterocycles. The molecule has 23 heavy (non-hydrogen) atoms. The Morgan fingerprint density at radius 2 is 1.91 bits per heavy atom. The van der Waals surface area contributed by atoms with Crippen molar-refractivity contribution in [2.45, 2.75) is 18.4 Å². The predicted molar refractivity (Wildman–Crippen MR) is 92.1 cm³/mol. The number of hydrogen-bond acceptors (Lipinski definition) is 6. The molecule has 0 aliphatic heterocycles. The minimum absolute atomic E-state index is 0.271. The molecule has 3 aromatic rings. The van der Waals surface area contributed by atoms with Crippen LogP contribution in [0.2, 0.25) is 0 Å². The van der Waals surface area contributed by atoms with Gasteiger partial charge in [0.15, 0.2) is 0 Å². The van der Waals surface area contributed by atoms with Crippen LogP contribution in [0.15, 0.2) is 35.5 Å². The Kier molecular flexibility index (Phi) is 3.83. The van der Waals surface area contributed by atoms with Crippen molar-refractivity contribution in [2.75, 3.05) is 11.5 Å². The molecule has 6 N–H and O–H groups in total. The molecular formula is C15H16N6OS. The maximum atomic E-state index is 11.3. The van der Waals surface area contributed by atoms with Crippen LogP contribution in [0.25, 0.3) is 11.0 Å². The zero-order chi connectivity index (χ0) is 16.6. The first kappa shape index (κ1) is 15.2. The number of amides is 1. The van der Waals surface area contributed by atoms with Crippen molar-refractivity contribution < 1.29 is 4.79 Å². The summed E-state index contributed by atoms with van der Waals surface area (Å²) in [6.45, 7) is 2.54. The summed E-state index contributed by atoms with van der Waals surface area (Å²) in [5.41, 5.74) is 20.3. The lowest BCUT2D eigenvalue weighted by Gasteiger charge is -2.08. The normalized spacial score (nSPS) is 11.0. The number of carbonyl (C=O) groups excluding carboxylic acids is 1. The summed E-state index contributed by atoms with van der Waals surface area (Å²) in [5, 5.41) is -0.00440. The van der Waals surface area contributed by atoms with Crippen LogP contribution in [0.5, 0.6) is 0 Å². The quantitative estimate of drug-likeness (QED) is 0.632. The number of rotatable bonds is 3. The van der Waals surface area contributed by atoms with Crippen LogP contribution >= 0.6 is 11.8 Å². The highest BCUT2D eigenvalue weighted by Crippen LogP contribution is 2.38. The first-order chi connectivity index (χ1) is 11.0. The van der Waals surface area contributed by atoms with Gasteiger partial charge >= 0.3 is 0 Å². The molecule has 1 amide bonds. The number of fused-ring (bicyclic) bond motifs is 1. The van der Waals surface area contributed by atoms with Gasteiger partial charge in [0.1, 0.15) is 23.6 Å². The molecule has 0 saturated heterocycles. The number of anilines is 2. The number of carbonyl (C=O) groups is 1. The van der Waals surface area contributed by atoms with E-state index in [1.807, 2.05) is 35.8 Å². The first-order valence-corrected chi connectivity index (χ1v) is 7.70. The van der Waals surface area contributed by atoms with E-state index in [1.54, 1.807) is 0 Å². The molecular weight excluding hydrogens is 312 g/mol. The number of nitrogens with two attached hydrogens (primary N) is 3. The molecule has 118 valence electrons. The Hall–Kier alpha value is -2.74. The lowest BCUT2D eigenvalue weighted by molar-refractivity contribution is 0.267. The van der Waals surface area contributed by atoms with Crippen LogP contribution < -0.4 is 17.2 Å². The Morgan fingerprint density at radius 3 is 2.57 bits per heavy atom. The maximum absolute atomic E-state index is 11.3. The molecule has 0 radical (unpaired) electrons. The van der Waals surface area contributed by atoms with E-state index < -0.39 is 5.24 Å². The van der Waals surface area contributed by atoms with Crippen molar-refractivity contribution in [3.63, 3.8) is 0 Å². The number of benzene rings is 1. The van der Waals surface area contributed by atoms with Gasteiger partial charge in [-0.05, 0) is 24.2 Å². The number of nitrogen functional groups attached to an aromatic ring is 2. The van der Waals surface area contributed by atoms with E-state index in [2.05, 4.69) is 9.97 Å². The average molecular weight is 328 g/mol. The van der Waals surface area contributed by atoms with Crippen molar-refractivity contribution in [3.05, 3.63) is 41.7 Å². The van der Waals surface area contributed by atoms with Gasteiger partial charge in [-0.3, -0.25) is 4.79 Å². The maximum Gasteiger partial charge on any atom is 0.281 e. The third-order valence-electron chi connectivity index (χ3n) is 3.53. The lowest BCUT2D eigenvalue weighted by atomic mass is 10.1. The number of primary amides is 1. The van der Waals surface area contributed by atoms with E-state index in [0.717, 1.165) is 17.3 Å². The van der Waals surface area contributed by atoms with Crippen molar-refractivity contribution >= 4 is 39.7 Å². The smallest absolute Gasteiger partial charge is 0.281 e. The van der Waals surface area contributed by atoms with Gasteiger partial charge < -0.3 is 21.8 Å². The second kappa shape index (κ2) is 5.81. The number of aromatic nitrogens is 3. The molecule has 0 fully saturated rings. The third-order valence-corrected chi connectivity index (χ3v) is 4.35. The summed E-state index contributed by atoms with van der Waals surface area (Å²) in [6, 6.07) is 8.09. The van der Waals surface area contributed by atoms with Gasteiger partial charge in [-0.25, -0.2) is 9.97 Å². The standard InChI is InChI=1S/C15H16N6OS/c1-8-2-4-9(5-3-8)6-21-13(17)11(23-15(18)22)10-12(16)19-7-20-14(10)21/h2-5,7H,6,17H2,1H3,(H2,18,22)(H2,16,19,20). The highest BCUT2D eigenvalue weighted by Gasteiger charge is 2.21. The van der Waals surface area contributed by atoms with Gasteiger partial charge in [0, 0.05) is 0 Å². The van der Waals surface area contributed by atoms with Gasteiger partial charge in [0.05, 0.1) is 16.8 Å². The van der Waals surface area contributed by atoms with Gasteiger partial charge in [-0.1, -0.05) is 29.8 Å². The van der Waals surface area contributed by atoms with E-state index in [1.165, 1.54) is 11.9 Å².